The molecule has 1 saturated heterocycles. The summed E-state index contributed by atoms with van der Waals surface area (Å²) in [4.78, 5) is 18.3. The van der Waals surface area contributed by atoms with E-state index in [9.17, 15) is 17.6 Å². The van der Waals surface area contributed by atoms with E-state index in [0.717, 1.165) is 22.0 Å². The number of carbonyl (C=O) groups is 1. The second kappa shape index (κ2) is 8.39. The molecule has 0 bridgehead atoms. The van der Waals surface area contributed by atoms with Gasteiger partial charge in [-0.15, -0.1) is 0 Å². The van der Waals surface area contributed by atoms with Crippen LogP contribution in [0.5, 0.6) is 0 Å². The number of likely N-dealkylation sites (tertiary alicyclic amines) is 1. The van der Waals surface area contributed by atoms with Crippen LogP contribution in [0.3, 0.4) is 0 Å². The van der Waals surface area contributed by atoms with Gasteiger partial charge >= 0.3 is 5.97 Å². The summed E-state index contributed by atoms with van der Waals surface area (Å²) in [6.07, 6.45) is 5.52. The largest absolute Gasteiger partial charge is 0.464 e. The maximum Gasteiger partial charge on any atom is 0.356 e. The summed E-state index contributed by atoms with van der Waals surface area (Å²) in [6, 6.07) is 8.01. The van der Waals surface area contributed by atoms with Gasteiger partial charge in [-0.25, -0.2) is 22.6 Å². The summed E-state index contributed by atoms with van der Waals surface area (Å²) in [5.74, 6) is -0.807. The normalized spacial score (nSPS) is 17.3. The number of aromatic nitrogens is 2. The second-order valence-electron chi connectivity index (χ2n) is 7.96. The molecule has 0 N–H and O–H groups in total. The molecule has 0 saturated carbocycles. The van der Waals surface area contributed by atoms with Gasteiger partial charge < -0.3 is 9.30 Å². The van der Waals surface area contributed by atoms with Crippen molar-refractivity contribution >= 4 is 26.7 Å². The molecule has 3 aromatic rings. The number of hydrogen-bond donors (Lipinski definition) is 0. The number of sulfone groups is 1. The smallest absolute Gasteiger partial charge is 0.356 e. The molecule has 1 aliphatic heterocycles. The van der Waals surface area contributed by atoms with Gasteiger partial charge in [-0.05, 0) is 42.3 Å². The quantitative estimate of drug-likeness (QED) is 0.543. The summed E-state index contributed by atoms with van der Waals surface area (Å²) in [6.45, 7) is 2.25. The lowest BCUT2D eigenvalue weighted by Crippen LogP contribution is -2.26. The van der Waals surface area contributed by atoms with Crippen LogP contribution in [0, 0.1) is 5.82 Å². The highest BCUT2D eigenvalue weighted by Gasteiger charge is 2.30. The van der Waals surface area contributed by atoms with Crippen LogP contribution in [0.15, 0.2) is 42.7 Å². The minimum atomic E-state index is -3.08. The Morgan fingerprint density at radius 3 is 2.65 bits per heavy atom. The van der Waals surface area contributed by atoms with Crippen LogP contribution in [0.2, 0.25) is 0 Å². The molecule has 1 fully saturated rings. The first-order chi connectivity index (χ1) is 14.7. The molecule has 3 heterocycles. The van der Waals surface area contributed by atoms with Crippen molar-refractivity contribution in [2.24, 2.45) is 0 Å². The number of hydrogen-bond acceptors (Lipinski definition) is 6. The van der Waals surface area contributed by atoms with Crippen molar-refractivity contribution in [1.82, 2.24) is 14.5 Å². The summed E-state index contributed by atoms with van der Waals surface area (Å²) in [7, 11) is -1.77. The lowest BCUT2D eigenvalue weighted by molar-refractivity contribution is 0.0594. The van der Waals surface area contributed by atoms with E-state index in [1.54, 1.807) is 24.4 Å². The summed E-state index contributed by atoms with van der Waals surface area (Å²) in [5, 5.41) is 0.507. The third kappa shape index (κ3) is 4.62. The SMILES string of the molecule is COC(=O)c1cc2c(CN3CC[C@@H](S(C)(=O)=O)C3)cn(Cc3ccc(F)cc3)c2cn1. The average Bonchev–Trinajstić information content (AvgIpc) is 3.34. The van der Waals surface area contributed by atoms with E-state index in [1.165, 1.54) is 25.5 Å². The van der Waals surface area contributed by atoms with Crippen LogP contribution in [-0.4, -0.2) is 60.5 Å². The van der Waals surface area contributed by atoms with Crippen LogP contribution >= 0.6 is 0 Å². The summed E-state index contributed by atoms with van der Waals surface area (Å²) < 4.78 is 43.9. The Kier molecular flexibility index (Phi) is 5.81. The van der Waals surface area contributed by atoms with Gasteiger partial charge in [0.05, 0.1) is 24.1 Å². The van der Waals surface area contributed by atoms with E-state index < -0.39 is 15.8 Å². The van der Waals surface area contributed by atoms with Gasteiger partial charge in [-0.3, -0.25) is 4.90 Å². The molecule has 1 aromatic carbocycles. The van der Waals surface area contributed by atoms with Gasteiger partial charge in [-0.1, -0.05) is 12.1 Å². The predicted molar refractivity (Wildman–Crippen MR) is 115 cm³/mol. The summed E-state index contributed by atoms with van der Waals surface area (Å²) >= 11 is 0. The van der Waals surface area contributed by atoms with Crippen molar-refractivity contribution < 1.29 is 22.3 Å². The van der Waals surface area contributed by atoms with Crippen LogP contribution in [0.1, 0.15) is 28.0 Å². The van der Waals surface area contributed by atoms with Crippen molar-refractivity contribution in [3.05, 3.63) is 65.4 Å². The fourth-order valence-electron chi connectivity index (χ4n) is 4.05. The molecular weight excluding hydrogens is 421 g/mol. The van der Waals surface area contributed by atoms with Crippen molar-refractivity contribution in [1.29, 1.82) is 0 Å². The van der Waals surface area contributed by atoms with E-state index in [4.69, 9.17) is 4.74 Å². The average molecular weight is 446 g/mol. The Labute approximate surface area is 180 Å². The minimum absolute atomic E-state index is 0.214. The lowest BCUT2D eigenvalue weighted by Gasteiger charge is -2.15. The third-order valence-corrected chi connectivity index (χ3v) is 7.34. The first-order valence-corrected chi connectivity index (χ1v) is 11.9. The molecule has 164 valence electrons. The molecule has 0 aliphatic carbocycles. The highest BCUT2D eigenvalue weighted by atomic mass is 32.2. The molecular formula is C22H24FN3O4S. The van der Waals surface area contributed by atoms with Crippen molar-refractivity contribution in [2.75, 3.05) is 26.5 Å². The zero-order valence-corrected chi connectivity index (χ0v) is 18.2. The maximum absolute atomic E-state index is 13.3. The van der Waals surface area contributed by atoms with Crippen molar-refractivity contribution in [3.8, 4) is 0 Å². The van der Waals surface area contributed by atoms with Gasteiger partial charge in [-0.2, -0.15) is 0 Å². The molecule has 9 heteroatoms. The zero-order chi connectivity index (χ0) is 22.2. The standard InChI is InChI=1S/C22H24FN3O4S/c1-30-22(27)20-9-19-16(12-25-8-7-18(14-25)31(2,28)29)13-26(21(19)10-24-20)11-15-3-5-17(23)6-4-15/h3-6,9-10,13,18H,7-8,11-12,14H2,1-2H3/t18-/m1/s1. The molecule has 7 nitrogen and oxygen atoms in total. The van der Waals surface area contributed by atoms with Crippen molar-refractivity contribution in [3.63, 3.8) is 0 Å². The maximum atomic E-state index is 13.3. The number of ether oxygens (including phenoxy) is 1. The Morgan fingerprint density at radius 1 is 1.26 bits per heavy atom. The van der Waals surface area contributed by atoms with E-state index in [1.807, 2.05) is 10.8 Å². The predicted octanol–water partition coefficient (Wildman–Crippen LogP) is 2.63. The van der Waals surface area contributed by atoms with E-state index in [2.05, 4.69) is 9.88 Å². The number of nitrogens with zero attached hydrogens (tertiary/aromatic N) is 3. The molecule has 0 unspecified atom stereocenters. The molecule has 1 aliphatic rings. The number of pyridine rings is 1. The molecule has 1 atom stereocenters. The number of fused-ring (bicyclic) bond motifs is 1. The molecule has 31 heavy (non-hydrogen) atoms. The van der Waals surface area contributed by atoms with Gasteiger partial charge in [0.2, 0.25) is 0 Å². The zero-order valence-electron chi connectivity index (χ0n) is 17.4. The number of rotatable bonds is 6. The molecule has 2 aromatic heterocycles. The number of esters is 1. The third-order valence-electron chi connectivity index (χ3n) is 5.74. The fraction of sp³-hybridized carbons (Fsp3) is 0.364. The second-order valence-corrected chi connectivity index (χ2v) is 10.3. The van der Waals surface area contributed by atoms with Crippen LogP contribution in [0.25, 0.3) is 10.9 Å². The van der Waals surface area contributed by atoms with Gasteiger partial charge in [0.25, 0.3) is 0 Å². The fourth-order valence-corrected chi connectivity index (χ4v) is 5.07. The molecule has 0 spiro atoms. The summed E-state index contributed by atoms with van der Waals surface area (Å²) in [5.41, 5.74) is 2.95. The monoisotopic (exact) mass is 445 g/mol. The molecule has 4 rings (SSSR count). The Balaban J connectivity index is 1.68. The number of carbonyl (C=O) groups excluding carboxylic acids is 1. The highest BCUT2D eigenvalue weighted by Crippen LogP contribution is 2.27. The number of benzene rings is 1. The molecule has 0 radical (unpaired) electrons. The first-order valence-electron chi connectivity index (χ1n) is 9.96. The Hall–Kier alpha value is -2.78. The van der Waals surface area contributed by atoms with Gasteiger partial charge in [0.15, 0.2) is 9.84 Å². The van der Waals surface area contributed by atoms with E-state index in [-0.39, 0.29) is 16.8 Å². The van der Waals surface area contributed by atoms with Crippen LogP contribution < -0.4 is 0 Å². The van der Waals surface area contributed by atoms with E-state index in [0.29, 0.717) is 32.6 Å². The Bertz CT molecular complexity index is 1220. The van der Waals surface area contributed by atoms with Crippen molar-refractivity contribution in [2.45, 2.75) is 24.8 Å². The van der Waals surface area contributed by atoms with Crippen LogP contribution in [0.4, 0.5) is 4.39 Å². The van der Waals surface area contributed by atoms with Gasteiger partial charge in [0.1, 0.15) is 11.5 Å². The number of methoxy groups -OCH3 is 1. The topological polar surface area (TPSA) is 81.5 Å². The van der Waals surface area contributed by atoms with E-state index >= 15 is 0 Å². The number of halogens is 1. The molecule has 0 amide bonds. The highest BCUT2D eigenvalue weighted by molar-refractivity contribution is 7.91. The van der Waals surface area contributed by atoms with Gasteiger partial charge in [0, 0.05) is 37.5 Å². The Morgan fingerprint density at radius 2 is 2.00 bits per heavy atom. The lowest BCUT2D eigenvalue weighted by atomic mass is 10.1. The van der Waals surface area contributed by atoms with Crippen LogP contribution in [-0.2, 0) is 27.7 Å². The minimum Gasteiger partial charge on any atom is -0.464 e. The first kappa shape index (κ1) is 21.5.